The van der Waals surface area contributed by atoms with Crippen LogP contribution in [0.5, 0.6) is 0 Å². The summed E-state index contributed by atoms with van der Waals surface area (Å²) in [5, 5.41) is 44.8. The number of aliphatic carboxylic acids is 1. The minimum Gasteiger partial charge on any atom is -0.547 e. The zero-order chi connectivity index (χ0) is 86.9. The Bertz CT molecular complexity index is 2520. The molecule has 0 unspecified atom stereocenters. The molecule has 23 nitrogen and oxygen atoms in total. The molecule has 0 radical (unpaired) electrons. The maximum Gasteiger partial charge on any atom is 0.388 e. The number of aldehydes is 1. The van der Waals surface area contributed by atoms with E-state index < -0.39 is 57.6 Å². The fraction of sp³-hybridized carbons (Fsp3) is 0.881. The lowest BCUT2D eigenvalue weighted by Gasteiger charge is -2.35. The van der Waals surface area contributed by atoms with Gasteiger partial charge in [-0.3, -0.25) is 9.93 Å². The molecule has 7 aliphatic rings. The van der Waals surface area contributed by atoms with E-state index in [0.29, 0.717) is 73.1 Å². The van der Waals surface area contributed by atoms with Crippen LogP contribution in [-0.4, -0.2) is 271 Å². The normalized spacial score (nSPS) is 20.8. The van der Waals surface area contributed by atoms with Crippen LogP contribution in [0.15, 0.2) is 34.7 Å². The summed E-state index contributed by atoms with van der Waals surface area (Å²) in [6.45, 7) is 66.3. The third kappa shape index (κ3) is 60.3. The van der Waals surface area contributed by atoms with Crippen molar-refractivity contribution >= 4 is 57.4 Å². The van der Waals surface area contributed by atoms with Gasteiger partial charge in [-0.05, 0) is 346 Å². The fourth-order valence-corrected chi connectivity index (χ4v) is 14.0. The predicted octanol–water partition coefficient (Wildman–Crippen LogP) is 9.84. The molecule has 7 atom stereocenters. The van der Waals surface area contributed by atoms with Gasteiger partial charge in [0, 0.05) is 56.7 Å². The number of aliphatic hydroxyl groups excluding tert-OH is 3. The smallest absolute Gasteiger partial charge is 0.388 e. The van der Waals surface area contributed by atoms with Gasteiger partial charge in [-0.15, -0.1) is 0 Å². The van der Waals surface area contributed by atoms with E-state index in [1.54, 1.807) is 25.1 Å². The minimum atomic E-state index is -3.96. The molecule has 7 fully saturated rings. The first-order chi connectivity index (χ1) is 52.9. The fourth-order valence-electron chi connectivity index (χ4n) is 12.5. The van der Waals surface area contributed by atoms with Crippen LogP contribution < -0.4 is 31.8 Å². The number of likely N-dealkylation sites (tertiary alicyclic amines) is 6. The summed E-state index contributed by atoms with van der Waals surface area (Å²) in [5.74, 6) is 2.68. The molecule has 670 valence electrons. The van der Waals surface area contributed by atoms with Crippen molar-refractivity contribution < 1.29 is 71.1 Å². The summed E-state index contributed by atoms with van der Waals surface area (Å²) in [4.78, 5) is 45.1. The number of benzene rings is 1. The van der Waals surface area contributed by atoms with Gasteiger partial charge in [0.1, 0.15) is 23.4 Å². The average Bonchev–Trinajstić information content (AvgIpc) is 0.866. The highest BCUT2D eigenvalue weighted by molar-refractivity contribution is 7.85. The van der Waals surface area contributed by atoms with E-state index in [4.69, 9.17) is 26.2 Å². The number of nitrogens with two attached hydrogens (primary N) is 2. The van der Waals surface area contributed by atoms with Crippen molar-refractivity contribution in [1.82, 2.24) is 39.4 Å². The molecule has 0 saturated carbocycles. The molecule has 1 aromatic carbocycles. The number of rotatable bonds is 19. The zero-order valence-corrected chi connectivity index (χ0v) is 77.2. The van der Waals surface area contributed by atoms with Gasteiger partial charge in [-0.1, -0.05) is 78.8 Å². The molecule has 113 heavy (non-hydrogen) atoms. The molecule has 0 aromatic heterocycles. The summed E-state index contributed by atoms with van der Waals surface area (Å²) in [6, 6.07) is 9.51. The lowest BCUT2D eigenvalue weighted by molar-refractivity contribution is -0.428. The number of esters is 1. The topological polar surface area (TPSA) is 331 Å². The lowest BCUT2D eigenvalue weighted by atomic mass is 9.91. The number of alkyl halides is 3. The second-order valence-corrected chi connectivity index (χ2v) is 39.4. The Kier molecular flexibility index (Phi) is 66.7. The largest absolute Gasteiger partial charge is 0.547 e. The number of nitrogens with one attached hydrogen (secondary N) is 2. The van der Waals surface area contributed by atoms with E-state index >= 15 is 0 Å². The molecule has 7 saturated heterocycles. The highest BCUT2D eigenvalue weighted by Crippen LogP contribution is 2.25. The molecular formula is C84H169F3N12O11S3. The number of piperidine rings is 7. The van der Waals surface area contributed by atoms with Crippen LogP contribution in [0.2, 0.25) is 0 Å². The van der Waals surface area contributed by atoms with E-state index in [0.717, 1.165) is 129 Å². The number of carbonyl (C=O) groups is 3. The predicted molar refractivity (Wildman–Crippen MR) is 465 cm³/mol. The second-order valence-electron chi connectivity index (χ2n) is 33.6. The molecule has 1 aromatic rings. The average molecular weight is 1680 g/mol. The van der Waals surface area contributed by atoms with Gasteiger partial charge in [0.05, 0.1) is 54.8 Å². The molecule has 0 aliphatic carbocycles. The van der Waals surface area contributed by atoms with Crippen LogP contribution >= 0.6 is 0 Å². The third-order valence-corrected chi connectivity index (χ3v) is 25.7. The number of halogens is 3. The molecular weight excluding hydrogens is 1510 g/mol. The van der Waals surface area contributed by atoms with Crippen LogP contribution in [0, 0.1) is 41.4 Å². The number of carbonyl (C=O) groups excluding carboxylic acids is 3. The molecule has 0 amide bonds. The highest BCUT2D eigenvalue weighted by atomic mass is 32.2. The van der Waals surface area contributed by atoms with Gasteiger partial charge in [0.15, 0.2) is 0 Å². The van der Waals surface area contributed by atoms with Gasteiger partial charge >= 0.3 is 12.1 Å². The van der Waals surface area contributed by atoms with Crippen molar-refractivity contribution in [2.75, 3.05) is 151 Å². The number of carboxylic acids is 1. The van der Waals surface area contributed by atoms with Crippen molar-refractivity contribution in [3.05, 3.63) is 35.9 Å². The van der Waals surface area contributed by atoms with Crippen molar-refractivity contribution in [2.45, 2.75) is 286 Å². The van der Waals surface area contributed by atoms with Gasteiger partial charge in [-0.2, -0.15) is 17.6 Å². The third-order valence-electron chi connectivity index (χ3n) is 21.4. The van der Waals surface area contributed by atoms with Crippen molar-refractivity contribution in [1.29, 1.82) is 0 Å². The molecule has 0 spiro atoms. The quantitative estimate of drug-likeness (QED) is 0.0363. The Hall–Kier alpha value is -2.82. The summed E-state index contributed by atoms with van der Waals surface area (Å²) < 4.78 is 77.7. The Morgan fingerprint density at radius 3 is 1.19 bits per heavy atom. The number of nitrogens with zero attached hydrogens (tertiary/aromatic N) is 7. The molecule has 12 N–H and O–H groups in total. The Morgan fingerprint density at radius 1 is 0.593 bits per heavy atom. The van der Waals surface area contributed by atoms with Crippen LogP contribution in [0.1, 0.15) is 253 Å². The first-order valence-electron chi connectivity index (χ1n) is 42.7. The number of hydrogen-bond acceptors (Lipinski definition) is 19. The van der Waals surface area contributed by atoms with Crippen LogP contribution in [0.4, 0.5) is 13.2 Å². The SMILES string of the molecule is CC(C)(C)[S@@](N)=O.CCC(F)(F)F.CCN1CCC(C=N[S@@](=O)C(C)(C)C)CC1.CCN1CCC(C=O)CC1.CCN1CCC(CO)CC1.CCN1CCC([C@@H](C)N)CC1.CCN1CCC([C@@H](C)N[S@@](=O)C(C)(C)C)CC1.CCN1CCC([C@@H](C)[NH3+])CC1.CCOC(C)=O.O=C([O-])[C@H](O)c1ccccc1.OCC1CCNCC1. The number of ether oxygens (including phenoxy) is 1. The van der Waals surface area contributed by atoms with Crippen LogP contribution in [0.25, 0.3) is 0 Å². The zero-order valence-electron chi connectivity index (χ0n) is 74.7. The molecule has 7 heterocycles. The number of hydrogen-bond donors (Lipinski definition) is 8. The van der Waals surface area contributed by atoms with Gasteiger partial charge in [0.2, 0.25) is 0 Å². The van der Waals surface area contributed by atoms with E-state index in [2.05, 4.69) is 117 Å². The first-order valence-corrected chi connectivity index (χ1v) is 46.1. The lowest BCUT2D eigenvalue weighted by Crippen LogP contribution is -2.63. The van der Waals surface area contributed by atoms with Crippen LogP contribution in [-0.2, 0) is 52.1 Å². The molecule has 8 rings (SSSR count). The van der Waals surface area contributed by atoms with Gasteiger partial charge < -0.3 is 80.9 Å². The van der Waals surface area contributed by atoms with Gasteiger partial charge in [0.25, 0.3) is 0 Å². The van der Waals surface area contributed by atoms with Crippen molar-refractivity contribution in [2.24, 2.45) is 56.7 Å². The number of carboxylic acid groups (broad SMARTS) is 1. The number of quaternary nitrogens is 1. The van der Waals surface area contributed by atoms with Crippen molar-refractivity contribution in [3.8, 4) is 0 Å². The summed E-state index contributed by atoms with van der Waals surface area (Å²) in [5.41, 5.74) is 10.3. The Balaban J connectivity index is -0.00000119. The maximum atomic E-state index is 12.0. The molecule has 7 aliphatic heterocycles. The van der Waals surface area contributed by atoms with Crippen LogP contribution in [0.3, 0.4) is 0 Å². The van der Waals surface area contributed by atoms with E-state index in [-0.39, 0.29) is 20.2 Å². The number of aliphatic hydroxyl groups is 3. The molecule has 0 bridgehead atoms. The summed E-state index contributed by atoms with van der Waals surface area (Å²) >= 11 is 0. The highest BCUT2D eigenvalue weighted by Gasteiger charge is 2.29. The maximum absolute atomic E-state index is 12.0. The summed E-state index contributed by atoms with van der Waals surface area (Å²) in [7, 11) is -3.22. The molecule has 29 heteroatoms. The second kappa shape index (κ2) is 66.0. The van der Waals surface area contributed by atoms with E-state index in [1.165, 1.54) is 136 Å². The van der Waals surface area contributed by atoms with E-state index in [9.17, 15) is 45.3 Å². The first kappa shape index (κ1) is 114. The summed E-state index contributed by atoms with van der Waals surface area (Å²) in [6.07, 6.45) is 13.7. The Morgan fingerprint density at radius 2 is 0.929 bits per heavy atom. The van der Waals surface area contributed by atoms with E-state index in [1.807, 2.05) is 68.5 Å². The standard InChI is InChI=1S/C13H28N2OS.C12H24N2OS.2C9H20N2.C8H17NO.C8H15NO.C8H8O3.C6H13NO.C4H11NOS.C4H8O2.C3H5F3/c1-6-15-9-7-12(8-10-15)11(2)14-17(16)13(3,4)5;1-5-14-8-6-11(7-9-14)10-13-16(15)12(2,3)4;2*1-3-11-6-4-9(5-7-11)8(2)10;2*1-2-9-5-3-8(7-10)4-6-9;9-7(8(10)11)6-4-2-1-3-5-6;8-5-6-1-3-7-4-2-6;1-4(2,3)7(5)6;1-3-6-4(2)5;1-2-3(4,5)6/h11-12,14H,6-10H2,1-5H3;10-11H,5-9H2,1-4H3;2*8-9H,3-7,10H2,1-2H3;8,10H,2-7H2,1H3;7-8H,2-6H2,1H3;1-5,7,9H,(H,10,11);6-8H,1-5H2;5H2,1-3H3;3H2,1-2H3;2H2,1H3/t11-,17+;16-;2*8-;;;7-;;7-;;/m1011..1.0../s1. The van der Waals surface area contributed by atoms with Crippen molar-refractivity contribution in [3.63, 3.8) is 0 Å². The Labute approximate surface area is 693 Å². The minimum absolute atomic E-state index is 0.168. The monoisotopic (exact) mass is 1680 g/mol. The van der Waals surface area contributed by atoms with Gasteiger partial charge in [-0.25, -0.2) is 17.3 Å².